The molecule has 27 heavy (non-hydrogen) atoms. The molecule has 0 aromatic rings. The highest BCUT2D eigenvalue weighted by Gasteiger charge is 2.28. The van der Waals surface area contributed by atoms with Gasteiger partial charge in [-0.2, -0.15) is 0 Å². The summed E-state index contributed by atoms with van der Waals surface area (Å²) in [6, 6.07) is 0. The number of rotatable bonds is 11. The van der Waals surface area contributed by atoms with Crippen LogP contribution < -0.4 is 0 Å². The zero-order valence-corrected chi connectivity index (χ0v) is 17.5. The minimum absolute atomic E-state index is 0.263. The van der Waals surface area contributed by atoms with Crippen molar-refractivity contribution < 1.29 is 28.5 Å². The fourth-order valence-electron chi connectivity index (χ4n) is 3.11. The second kappa shape index (κ2) is 13.7. The molecule has 6 heteroatoms. The van der Waals surface area contributed by atoms with E-state index in [4.69, 9.17) is 18.9 Å². The van der Waals surface area contributed by atoms with Gasteiger partial charge in [-0.1, -0.05) is 34.1 Å². The van der Waals surface area contributed by atoms with E-state index in [2.05, 4.69) is 27.7 Å². The van der Waals surface area contributed by atoms with E-state index in [1.807, 2.05) is 0 Å². The van der Waals surface area contributed by atoms with Crippen LogP contribution in [0.15, 0.2) is 0 Å². The molecule has 0 heterocycles. The quantitative estimate of drug-likeness (QED) is 0.327. The van der Waals surface area contributed by atoms with Crippen molar-refractivity contribution in [3.8, 4) is 0 Å². The second-order valence-corrected chi connectivity index (χ2v) is 8.27. The molecule has 0 saturated heterocycles. The molecule has 0 bridgehead atoms. The molecule has 2 unspecified atom stereocenters. The van der Waals surface area contributed by atoms with Gasteiger partial charge in [0.05, 0.1) is 13.2 Å². The van der Waals surface area contributed by atoms with E-state index in [-0.39, 0.29) is 12.2 Å². The number of carbonyl (C=O) groups excluding carboxylic acids is 2. The van der Waals surface area contributed by atoms with Crippen molar-refractivity contribution in [3.05, 3.63) is 0 Å². The summed E-state index contributed by atoms with van der Waals surface area (Å²) >= 11 is 0. The number of hydrogen-bond donors (Lipinski definition) is 0. The molecule has 1 saturated carbocycles. The van der Waals surface area contributed by atoms with Crippen LogP contribution in [-0.4, -0.2) is 37.7 Å². The summed E-state index contributed by atoms with van der Waals surface area (Å²) in [5.74, 6) is 1.26. The second-order valence-electron chi connectivity index (χ2n) is 8.27. The third kappa shape index (κ3) is 12.5. The Balaban J connectivity index is 2.16. The van der Waals surface area contributed by atoms with Gasteiger partial charge in [-0.25, -0.2) is 9.59 Å². The predicted molar refractivity (Wildman–Crippen MR) is 104 cm³/mol. The van der Waals surface area contributed by atoms with Crippen molar-refractivity contribution >= 4 is 12.3 Å². The van der Waals surface area contributed by atoms with Crippen LogP contribution in [0.2, 0.25) is 0 Å². The summed E-state index contributed by atoms with van der Waals surface area (Å²) < 4.78 is 21.0. The Hall–Kier alpha value is -1.46. The van der Waals surface area contributed by atoms with E-state index in [9.17, 15) is 9.59 Å². The van der Waals surface area contributed by atoms with E-state index >= 15 is 0 Å². The van der Waals surface area contributed by atoms with Crippen LogP contribution >= 0.6 is 0 Å². The first-order chi connectivity index (χ1) is 12.9. The molecule has 0 amide bonds. The summed E-state index contributed by atoms with van der Waals surface area (Å²) in [6.45, 7) is 9.40. The van der Waals surface area contributed by atoms with E-state index < -0.39 is 12.3 Å². The SMILES string of the molecule is CC(C)CCCCOC(=O)OC1CCCC(OC(=O)OCCCC(C)C)C1. The molecule has 1 fully saturated rings. The van der Waals surface area contributed by atoms with Gasteiger partial charge in [-0.3, -0.25) is 0 Å². The lowest BCUT2D eigenvalue weighted by molar-refractivity contribution is -0.0351. The van der Waals surface area contributed by atoms with Crippen molar-refractivity contribution in [1.82, 2.24) is 0 Å². The van der Waals surface area contributed by atoms with Crippen molar-refractivity contribution in [2.75, 3.05) is 13.2 Å². The third-order valence-electron chi connectivity index (χ3n) is 4.65. The molecule has 0 spiro atoms. The van der Waals surface area contributed by atoms with Gasteiger partial charge in [0.25, 0.3) is 0 Å². The number of carbonyl (C=O) groups is 2. The average Bonchev–Trinajstić information content (AvgIpc) is 2.58. The van der Waals surface area contributed by atoms with Gasteiger partial charge < -0.3 is 18.9 Å². The first-order valence-corrected chi connectivity index (χ1v) is 10.5. The van der Waals surface area contributed by atoms with Gasteiger partial charge in [0.1, 0.15) is 12.2 Å². The van der Waals surface area contributed by atoms with Gasteiger partial charge in [0, 0.05) is 6.42 Å². The molecular weight excluding hydrogens is 348 g/mol. The van der Waals surface area contributed by atoms with Crippen LogP contribution in [0.1, 0.15) is 85.5 Å². The third-order valence-corrected chi connectivity index (χ3v) is 4.65. The van der Waals surface area contributed by atoms with E-state index in [1.54, 1.807) is 0 Å². The zero-order valence-electron chi connectivity index (χ0n) is 17.5. The smallest absolute Gasteiger partial charge is 0.434 e. The Morgan fingerprint density at radius 3 is 1.78 bits per heavy atom. The van der Waals surface area contributed by atoms with E-state index in [1.165, 1.54) is 0 Å². The number of hydrogen-bond acceptors (Lipinski definition) is 6. The van der Waals surface area contributed by atoms with Crippen molar-refractivity contribution in [1.29, 1.82) is 0 Å². The zero-order chi connectivity index (χ0) is 20.1. The van der Waals surface area contributed by atoms with Gasteiger partial charge in [0.15, 0.2) is 0 Å². The van der Waals surface area contributed by atoms with Gasteiger partial charge in [-0.15, -0.1) is 0 Å². The van der Waals surface area contributed by atoms with Crippen LogP contribution in [0.25, 0.3) is 0 Å². The Morgan fingerprint density at radius 1 is 0.778 bits per heavy atom. The molecule has 6 nitrogen and oxygen atoms in total. The highest BCUT2D eigenvalue weighted by Crippen LogP contribution is 2.24. The van der Waals surface area contributed by atoms with Crippen LogP contribution in [0.4, 0.5) is 9.59 Å². The first-order valence-electron chi connectivity index (χ1n) is 10.5. The maximum atomic E-state index is 11.8. The minimum Gasteiger partial charge on any atom is -0.434 e. The predicted octanol–water partition coefficient (Wildman–Crippen LogP) is 5.87. The standard InChI is InChI=1S/C21H38O6/c1-16(2)9-5-6-13-24-20(22)26-18-11-7-12-19(15-18)27-21(23)25-14-8-10-17(3)4/h16-19H,5-15H2,1-4H3. The number of unbranched alkanes of at least 4 members (excludes halogenated alkanes) is 1. The Kier molecular flexibility index (Phi) is 11.9. The van der Waals surface area contributed by atoms with Crippen molar-refractivity contribution in [2.45, 2.75) is 97.7 Å². The maximum Gasteiger partial charge on any atom is 0.508 e. The normalized spacial score (nSPS) is 19.8. The Morgan fingerprint density at radius 2 is 1.26 bits per heavy atom. The van der Waals surface area contributed by atoms with Gasteiger partial charge in [-0.05, 0) is 56.8 Å². The molecule has 0 aromatic carbocycles. The molecular formula is C21H38O6. The molecule has 1 aliphatic carbocycles. The van der Waals surface area contributed by atoms with E-state index in [0.717, 1.165) is 51.4 Å². The van der Waals surface area contributed by atoms with Crippen LogP contribution in [0, 0.1) is 11.8 Å². The monoisotopic (exact) mass is 386 g/mol. The van der Waals surface area contributed by atoms with Crippen LogP contribution in [0.5, 0.6) is 0 Å². The highest BCUT2D eigenvalue weighted by molar-refractivity contribution is 5.60. The Labute approximate surface area is 164 Å². The van der Waals surface area contributed by atoms with E-state index in [0.29, 0.717) is 31.5 Å². The molecule has 158 valence electrons. The lowest BCUT2D eigenvalue weighted by atomic mass is 9.95. The molecule has 2 atom stereocenters. The fourth-order valence-corrected chi connectivity index (χ4v) is 3.11. The lowest BCUT2D eigenvalue weighted by Gasteiger charge is -2.28. The summed E-state index contributed by atoms with van der Waals surface area (Å²) in [5.41, 5.74) is 0. The summed E-state index contributed by atoms with van der Waals surface area (Å²) in [5, 5.41) is 0. The number of ether oxygens (including phenoxy) is 4. The van der Waals surface area contributed by atoms with Crippen LogP contribution in [0.3, 0.4) is 0 Å². The summed E-state index contributed by atoms with van der Waals surface area (Å²) in [7, 11) is 0. The molecule has 0 N–H and O–H groups in total. The van der Waals surface area contributed by atoms with Gasteiger partial charge in [0.2, 0.25) is 0 Å². The molecule has 0 aliphatic heterocycles. The topological polar surface area (TPSA) is 71.1 Å². The summed E-state index contributed by atoms with van der Waals surface area (Å²) in [4.78, 5) is 23.5. The fraction of sp³-hybridized carbons (Fsp3) is 0.905. The summed E-state index contributed by atoms with van der Waals surface area (Å²) in [6.07, 6.45) is 6.00. The molecule has 0 radical (unpaired) electrons. The highest BCUT2D eigenvalue weighted by atomic mass is 16.7. The van der Waals surface area contributed by atoms with Crippen LogP contribution in [-0.2, 0) is 18.9 Å². The van der Waals surface area contributed by atoms with Crippen molar-refractivity contribution in [2.24, 2.45) is 11.8 Å². The first kappa shape index (κ1) is 23.6. The average molecular weight is 387 g/mol. The van der Waals surface area contributed by atoms with Gasteiger partial charge >= 0.3 is 12.3 Å². The van der Waals surface area contributed by atoms with Crippen molar-refractivity contribution in [3.63, 3.8) is 0 Å². The maximum absolute atomic E-state index is 11.8. The largest absolute Gasteiger partial charge is 0.508 e. The minimum atomic E-state index is -0.628. The lowest BCUT2D eigenvalue weighted by Crippen LogP contribution is -2.32. The molecule has 0 aromatic heterocycles. The molecule has 1 aliphatic rings. The Bertz CT molecular complexity index is 421. The molecule has 1 rings (SSSR count).